The number of aliphatic hydroxyl groups is 1. The van der Waals surface area contributed by atoms with Gasteiger partial charge >= 0.3 is 5.97 Å². The Bertz CT molecular complexity index is 1490. The van der Waals surface area contributed by atoms with Crippen LogP contribution in [0, 0.1) is 6.92 Å². The minimum atomic E-state index is -1.29. The average Bonchev–Trinajstić information content (AvgIpc) is 3.42. The summed E-state index contributed by atoms with van der Waals surface area (Å²) >= 11 is 0. The normalized spacial score (nSPS) is 16.4. The maximum atomic E-state index is 13.5. The van der Waals surface area contributed by atoms with Gasteiger partial charge in [-0.3, -0.25) is 4.98 Å². The van der Waals surface area contributed by atoms with E-state index in [1.807, 2.05) is 24.3 Å². The van der Waals surface area contributed by atoms with Crippen molar-refractivity contribution in [3.05, 3.63) is 88.9 Å². The molecule has 0 saturated heterocycles. The van der Waals surface area contributed by atoms with E-state index >= 15 is 0 Å². The lowest BCUT2D eigenvalue weighted by Crippen LogP contribution is -2.32. The van der Waals surface area contributed by atoms with E-state index in [2.05, 4.69) is 55.4 Å². The molecule has 0 spiro atoms. The number of aryl methyl sites for hydroxylation is 1. The molecule has 1 unspecified atom stereocenters. The molecule has 1 aliphatic heterocycles. The highest BCUT2D eigenvalue weighted by Gasteiger charge is 2.54. The van der Waals surface area contributed by atoms with Crippen LogP contribution in [0.15, 0.2) is 60.8 Å². The van der Waals surface area contributed by atoms with Gasteiger partial charge in [0.2, 0.25) is 5.60 Å². The van der Waals surface area contributed by atoms with Gasteiger partial charge in [0, 0.05) is 71.9 Å². The van der Waals surface area contributed by atoms with Crippen LogP contribution in [0.2, 0.25) is 0 Å². The minimum Gasteiger partial charge on any atom is -0.493 e. The fourth-order valence-corrected chi connectivity index (χ4v) is 5.97. The second-order valence-electron chi connectivity index (χ2n) is 9.82. The highest BCUT2D eigenvalue weighted by Crippen LogP contribution is 2.52. The van der Waals surface area contributed by atoms with Crippen LogP contribution in [-0.4, -0.2) is 46.9 Å². The van der Waals surface area contributed by atoms with Crippen molar-refractivity contribution in [1.82, 2.24) is 9.55 Å². The Morgan fingerprint density at radius 2 is 1.85 bits per heavy atom. The predicted molar refractivity (Wildman–Crippen MR) is 154 cm³/mol. The Balaban J connectivity index is 1.84. The van der Waals surface area contributed by atoms with Crippen LogP contribution in [0.4, 0.5) is 5.69 Å². The van der Waals surface area contributed by atoms with Crippen LogP contribution in [0.3, 0.4) is 0 Å². The summed E-state index contributed by atoms with van der Waals surface area (Å²) in [5.41, 5.74) is 4.54. The summed E-state index contributed by atoms with van der Waals surface area (Å²) < 4.78 is 15.2. The number of rotatable bonds is 11. The van der Waals surface area contributed by atoms with Crippen molar-refractivity contribution in [3.63, 3.8) is 0 Å². The van der Waals surface area contributed by atoms with Crippen LogP contribution < -0.4 is 9.64 Å². The van der Waals surface area contributed by atoms with Crippen molar-refractivity contribution >= 4 is 22.6 Å². The summed E-state index contributed by atoms with van der Waals surface area (Å²) in [5, 5.41) is 10.3. The number of nitrogens with zero attached hydrogens (tertiary/aromatic N) is 3. The molecule has 5 rings (SSSR count). The number of fused-ring (bicyclic) bond motifs is 2. The van der Waals surface area contributed by atoms with E-state index in [9.17, 15) is 9.90 Å². The van der Waals surface area contributed by atoms with Crippen molar-refractivity contribution in [2.75, 3.05) is 31.2 Å². The largest absolute Gasteiger partial charge is 0.493 e. The lowest BCUT2D eigenvalue weighted by molar-refractivity contribution is 0.0237. The third kappa shape index (κ3) is 4.35. The molecule has 4 aromatic rings. The standard InChI is InChI=1S/C32H37N3O4/c1-5-34(6-2)23-16-17-26(28(21-23)38-20-11-10-19-36)32(30-25(31(37)39-32)14-12-18-33-30)29-22(4)35(7-3)27-15-9-8-13-24(27)29/h8-9,12-18,21,36H,5-7,10-11,19-20H2,1-4H3. The molecule has 0 amide bonds. The fraction of sp³-hybridized carbons (Fsp3) is 0.375. The molecule has 0 aliphatic carbocycles. The van der Waals surface area contributed by atoms with E-state index in [1.165, 1.54) is 0 Å². The molecule has 0 fully saturated rings. The lowest BCUT2D eigenvalue weighted by Gasteiger charge is -2.32. The van der Waals surface area contributed by atoms with Crippen molar-refractivity contribution in [3.8, 4) is 5.75 Å². The molecule has 7 nitrogen and oxygen atoms in total. The first kappa shape index (κ1) is 26.8. The Kier molecular flexibility index (Phi) is 7.62. The maximum absolute atomic E-state index is 13.5. The number of para-hydroxylation sites is 1. The Morgan fingerprint density at radius 3 is 2.59 bits per heavy atom. The van der Waals surface area contributed by atoms with Gasteiger partial charge in [-0.15, -0.1) is 0 Å². The number of hydrogen-bond acceptors (Lipinski definition) is 6. The number of carbonyl (C=O) groups is 1. The molecule has 1 aliphatic rings. The van der Waals surface area contributed by atoms with Crippen LogP contribution >= 0.6 is 0 Å². The highest BCUT2D eigenvalue weighted by molar-refractivity contribution is 5.98. The fourth-order valence-electron chi connectivity index (χ4n) is 5.97. The van der Waals surface area contributed by atoms with E-state index in [1.54, 1.807) is 18.3 Å². The third-order valence-corrected chi connectivity index (χ3v) is 7.79. The lowest BCUT2D eigenvalue weighted by atomic mass is 9.80. The van der Waals surface area contributed by atoms with Crippen LogP contribution in [0.1, 0.15) is 66.5 Å². The van der Waals surface area contributed by atoms with E-state index in [0.717, 1.165) is 53.0 Å². The summed E-state index contributed by atoms with van der Waals surface area (Å²) in [7, 11) is 0. The number of aliphatic hydroxyl groups excluding tert-OH is 1. The molecule has 2 aromatic heterocycles. The van der Waals surface area contributed by atoms with Gasteiger partial charge in [0.25, 0.3) is 0 Å². The molecule has 3 heterocycles. The molecule has 7 heteroatoms. The van der Waals surface area contributed by atoms with Crippen molar-refractivity contribution < 1.29 is 19.4 Å². The summed E-state index contributed by atoms with van der Waals surface area (Å²) in [5.74, 6) is 0.251. The predicted octanol–water partition coefficient (Wildman–Crippen LogP) is 5.82. The number of carbonyl (C=O) groups excluding carboxylic acids is 1. The Hall–Kier alpha value is -3.84. The highest BCUT2D eigenvalue weighted by atomic mass is 16.6. The summed E-state index contributed by atoms with van der Waals surface area (Å²) in [6.07, 6.45) is 3.08. The van der Waals surface area contributed by atoms with E-state index in [0.29, 0.717) is 36.5 Å². The first-order valence-corrected chi connectivity index (χ1v) is 13.9. The van der Waals surface area contributed by atoms with Gasteiger partial charge in [-0.25, -0.2) is 4.79 Å². The van der Waals surface area contributed by atoms with Gasteiger partial charge in [0.15, 0.2) is 0 Å². The monoisotopic (exact) mass is 527 g/mol. The maximum Gasteiger partial charge on any atom is 0.341 e. The molecule has 2 aromatic carbocycles. The van der Waals surface area contributed by atoms with Crippen LogP contribution in [-0.2, 0) is 16.9 Å². The van der Waals surface area contributed by atoms with Gasteiger partial charge < -0.3 is 24.0 Å². The molecule has 0 radical (unpaired) electrons. The topological polar surface area (TPSA) is 76.8 Å². The molecule has 1 atom stereocenters. The van der Waals surface area contributed by atoms with Crippen molar-refractivity contribution in [1.29, 1.82) is 0 Å². The SMILES string of the molecule is CCN(CC)c1ccc(C2(c3c(C)n(CC)c4ccccc34)OC(=O)c3cccnc32)c(OCCCCO)c1. The summed E-state index contributed by atoms with van der Waals surface area (Å²) in [6, 6.07) is 18.0. The zero-order chi connectivity index (χ0) is 27.6. The van der Waals surface area contributed by atoms with Gasteiger partial charge in [-0.2, -0.15) is 0 Å². The number of benzene rings is 2. The second-order valence-corrected chi connectivity index (χ2v) is 9.82. The molecule has 204 valence electrons. The zero-order valence-corrected chi connectivity index (χ0v) is 23.2. The number of unbranched alkanes of at least 4 members (excludes halogenated alkanes) is 1. The second kappa shape index (κ2) is 11.1. The zero-order valence-electron chi connectivity index (χ0n) is 23.2. The molecular weight excluding hydrogens is 490 g/mol. The average molecular weight is 528 g/mol. The van der Waals surface area contributed by atoms with Crippen molar-refractivity contribution in [2.45, 2.75) is 52.7 Å². The molecule has 39 heavy (non-hydrogen) atoms. The smallest absolute Gasteiger partial charge is 0.341 e. The Labute approximate surface area is 230 Å². The number of aromatic nitrogens is 2. The van der Waals surface area contributed by atoms with Crippen LogP contribution in [0.5, 0.6) is 5.75 Å². The molecular formula is C32H37N3O4. The molecule has 1 N–H and O–H groups in total. The number of ether oxygens (including phenoxy) is 2. The number of pyridine rings is 1. The van der Waals surface area contributed by atoms with E-state index in [-0.39, 0.29) is 6.61 Å². The summed E-state index contributed by atoms with van der Waals surface area (Å²) in [4.78, 5) is 20.5. The molecule has 0 saturated carbocycles. The van der Waals surface area contributed by atoms with Crippen LogP contribution in [0.25, 0.3) is 10.9 Å². The number of cyclic esters (lactones) is 1. The van der Waals surface area contributed by atoms with Gasteiger partial charge in [-0.05, 0) is 70.9 Å². The van der Waals surface area contributed by atoms with Gasteiger partial charge in [0.1, 0.15) is 11.4 Å². The minimum absolute atomic E-state index is 0.115. The van der Waals surface area contributed by atoms with E-state index in [4.69, 9.17) is 14.5 Å². The number of anilines is 1. The van der Waals surface area contributed by atoms with E-state index < -0.39 is 11.6 Å². The number of esters is 1. The van der Waals surface area contributed by atoms with Gasteiger partial charge in [0.05, 0.1) is 12.2 Å². The summed E-state index contributed by atoms with van der Waals surface area (Å²) in [6.45, 7) is 11.5. The number of hydrogen-bond donors (Lipinski definition) is 1. The van der Waals surface area contributed by atoms with Gasteiger partial charge in [-0.1, -0.05) is 18.2 Å². The molecule has 0 bridgehead atoms. The Morgan fingerprint density at radius 1 is 1.05 bits per heavy atom. The van der Waals surface area contributed by atoms with Crippen molar-refractivity contribution in [2.24, 2.45) is 0 Å². The first-order chi connectivity index (χ1) is 19.0. The quantitative estimate of drug-likeness (QED) is 0.196. The third-order valence-electron chi connectivity index (χ3n) is 7.79. The first-order valence-electron chi connectivity index (χ1n) is 13.9.